The molecule has 0 N–H and O–H groups in total. The van der Waals surface area contributed by atoms with Crippen molar-refractivity contribution in [3.63, 3.8) is 0 Å². The van der Waals surface area contributed by atoms with E-state index in [9.17, 15) is 0 Å². The molecular formula is C42H46O. The zero-order chi connectivity index (χ0) is 30.7. The molecule has 2 aromatic rings. The number of hydrogen-bond donors (Lipinski definition) is 0. The standard InChI is InChI=1S/C42H46O/c1-6-9-10-11-15-23-34(4)30-36(31-35(5)38(8-3)22-7-2)24-16-12-17-25-37-32-41(39-26-18-13-19-27-39)43-42(33-37)40-28-20-14-21-29-40/h7-22,24,26-33,37H,4,6,23,25H2,1-3,5H3/b10-9-,15-11-,17-12+,22-7-,24-16+,35-31+,36-30-,38-8?. The minimum Gasteiger partial charge on any atom is -0.457 e. The zero-order valence-electron chi connectivity index (χ0n) is 26.2. The van der Waals surface area contributed by atoms with E-state index in [4.69, 9.17) is 4.74 Å². The monoisotopic (exact) mass is 566 g/mol. The molecule has 220 valence electrons. The molecule has 43 heavy (non-hydrogen) atoms. The number of allylic oxidation sites excluding steroid dienone is 19. The van der Waals surface area contributed by atoms with Crippen molar-refractivity contribution in [1.82, 2.24) is 0 Å². The lowest BCUT2D eigenvalue weighted by Gasteiger charge is -2.22. The van der Waals surface area contributed by atoms with Crippen molar-refractivity contribution in [1.29, 1.82) is 0 Å². The summed E-state index contributed by atoms with van der Waals surface area (Å²) in [6.07, 6.45) is 35.1. The lowest BCUT2D eigenvalue weighted by molar-refractivity contribution is 0.452. The third-order valence-electron chi connectivity index (χ3n) is 6.88. The SMILES string of the molecule is C=C(/C=C(/C=C/C=C/CC1C=C(c2ccccc2)OC(c2ccccc2)=C1)\C=C(/C)C(=CC)/C=C\C)C/C=C\C=C/CC. The van der Waals surface area contributed by atoms with Gasteiger partial charge in [0.15, 0.2) is 0 Å². The molecule has 0 spiro atoms. The Kier molecular flexibility index (Phi) is 14.3. The fourth-order valence-electron chi connectivity index (χ4n) is 4.67. The molecule has 0 radical (unpaired) electrons. The van der Waals surface area contributed by atoms with Gasteiger partial charge in [0, 0.05) is 17.0 Å². The lowest BCUT2D eigenvalue weighted by Crippen LogP contribution is -2.05. The van der Waals surface area contributed by atoms with E-state index in [0.717, 1.165) is 53.1 Å². The van der Waals surface area contributed by atoms with Crippen molar-refractivity contribution >= 4 is 11.5 Å². The van der Waals surface area contributed by atoms with E-state index in [2.05, 4.69) is 143 Å². The van der Waals surface area contributed by atoms with Crippen molar-refractivity contribution in [2.24, 2.45) is 5.92 Å². The first-order valence-corrected chi connectivity index (χ1v) is 15.3. The van der Waals surface area contributed by atoms with Crippen LogP contribution in [-0.2, 0) is 4.74 Å². The minimum absolute atomic E-state index is 0.229. The lowest BCUT2D eigenvalue weighted by atomic mass is 9.97. The molecule has 0 aliphatic carbocycles. The number of rotatable bonds is 14. The predicted octanol–water partition coefficient (Wildman–Crippen LogP) is 12.1. The Hall–Kier alpha value is -4.62. The number of hydrogen-bond acceptors (Lipinski definition) is 1. The van der Waals surface area contributed by atoms with E-state index in [1.54, 1.807) is 0 Å². The van der Waals surface area contributed by atoms with Gasteiger partial charge in [-0.2, -0.15) is 0 Å². The first kappa shape index (κ1) is 32.9. The van der Waals surface area contributed by atoms with Crippen LogP contribution in [0.4, 0.5) is 0 Å². The molecule has 0 saturated carbocycles. The Morgan fingerprint density at radius 2 is 1.37 bits per heavy atom. The second kappa shape index (κ2) is 18.7. The van der Waals surface area contributed by atoms with E-state index in [0.29, 0.717) is 0 Å². The molecule has 0 atom stereocenters. The van der Waals surface area contributed by atoms with Crippen LogP contribution in [0.5, 0.6) is 0 Å². The van der Waals surface area contributed by atoms with Crippen molar-refractivity contribution in [2.75, 3.05) is 0 Å². The normalized spacial score (nSPS) is 15.7. The van der Waals surface area contributed by atoms with Gasteiger partial charge in [-0.1, -0.05) is 159 Å². The molecule has 1 heterocycles. The Balaban J connectivity index is 1.79. The number of ether oxygens (including phenoxy) is 1. The topological polar surface area (TPSA) is 9.23 Å². The summed E-state index contributed by atoms with van der Waals surface area (Å²) in [6.45, 7) is 12.7. The maximum absolute atomic E-state index is 6.36. The second-order valence-corrected chi connectivity index (χ2v) is 10.4. The van der Waals surface area contributed by atoms with Gasteiger partial charge in [-0.25, -0.2) is 0 Å². The molecular weight excluding hydrogens is 520 g/mol. The van der Waals surface area contributed by atoms with Crippen LogP contribution in [0.1, 0.15) is 58.1 Å². The molecule has 1 nitrogen and oxygen atoms in total. The molecule has 0 aromatic heterocycles. The maximum Gasteiger partial charge on any atom is 0.131 e. The first-order valence-electron chi connectivity index (χ1n) is 15.3. The van der Waals surface area contributed by atoms with Gasteiger partial charge < -0.3 is 4.74 Å². The van der Waals surface area contributed by atoms with Gasteiger partial charge in [-0.15, -0.1) is 0 Å². The van der Waals surface area contributed by atoms with Gasteiger partial charge in [0.05, 0.1) is 0 Å². The molecule has 0 unspecified atom stereocenters. The van der Waals surface area contributed by atoms with Gasteiger partial charge in [0.1, 0.15) is 11.5 Å². The van der Waals surface area contributed by atoms with E-state index in [1.807, 2.05) is 43.3 Å². The molecule has 1 aliphatic rings. The van der Waals surface area contributed by atoms with Crippen LogP contribution in [0.25, 0.3) is 11.5 Å². The summed E-state index contributed by atoms with van der Waals surface area (Å²) in [5, 5.41) is 0. The largest absolute Gasteiger partial charge is 0.457 e. The Morgan fingerprint density at radius 1 is 0.767 bits per heavy atom. The van der Waals surface area contributed by atoms with Crippen molar-refractivity contribution in [3.8, 4) is 0 Å². The minimum atomic E-state index is 0.229. The van der Waals surface area contributed by atoms with Crippen LogP contribution < -0.4 is 0 Å². The van der Waals surface area contributed by atoms with Crippen LogP contribution in [-0.4, -0.2) is 0 Å². The molecule has 0 amide bonds. The highest BCUT2D eigenvalue weighted by Crippen LogP contribution is 2.33. The first-order chi connectivity index (χ1) is 21.0. The highest BCUT2D eigenvalue weighted by molar-refractivity contribution is 5.73. The maximum atomic E-state index is 6.36. The number of benzene rings is 2. The second-order valence-electron chi connectivity index (χ2n) is 10.4. The van der Waals surface area contributed by atoms with Crippen molar-refractivity contribution in [3.05, 3.63) is 192 Å². The van der Waals surface area contributed by atoms with Crippen molar-refractivity contribution < 1.29 is 4.74 Å². The van der Waals surface area contributed by atoms with Crippen molar-refractivity contribution in [2.45, 2.75) is 47.0 Å². The van der Waals surface area contributed by atoms with E-state index in [1.165, 1.54) is 11.1 Å². The summed E-state index contributed by atoms with van der Waals surface area (Å²) in [5.41, 5.74) is 6.80. The summed E-state index contributed by atoms with van der Waals surface area (Å²) < 4.78 is 6.36. The van der Waals surface area contributed by atoms with Crippen LogP contribution in [0.15, 0.2) is 181 Å². The van der Waals surface area contributed by atoms with Crippen LogP contribution >= 0.6 is 0 Å². The molecule has 3 rings (SSSR count). The molecule has 1 heteroatoms. The van der Waals surface area contributed by atoms with Gasteiger partial charge in [0.25, 0.3) is 0 Å². The van der Waals surface area contributed by atoms with Crippen LogP contribution in [0.2, 0.25) is 0 Å². The highest BCUT2D eigenvalue weighted by Gasteiger charge is 2.17. The fraction of sp³-hybridized carbons (Fsp3) is 0.190. The van der Waals surface area contributed by atoms with Crippen LogP contribution in [0.3, 0.4) is 0 Å². The smallest absolute Gasteiger partial charge is 0.131 e. The van der Waals surface area contributed by atoms with E-state index in [-0.39, 0.29) is 5.92 Å². The van der Waals surface area contributed by atoms with Gasteiger partial charge in [0.2, 0.25) is 0 Å². The third-order valence-corrected chi connectivity index (χ3v) is 6.88. The average molecular weight is 567 g/mol. The highest BCUT2D eigenvalue weighted by atomic mass is 16.5. The molecule has 2 aromatic carbocycles. The summed E-state index contributed by atoms with van der Waals surface area (Å²) in [7, 11) is 0. The van der Waals surface area contributed by atoms with Crippen LogP contribution in [0, 0.1) is 5.92 Å². The fourth-order valence-corrected chi connectivity index (χ4v) is 4.67. The predicted molar refractivity (Wildman–Crippen MR) is 189 cm³/mol. The molecule has 1 aliphatic heterocycles. The average Bonchev–Trinajstić information content (AvgIpc) is 3.04. The summed E-state index contributed by atoms with van der Waals surface area (Å²) in [5.74, 6) is 2.04. The third kappa shape index (κ3) is 11.6. The summed E-state index contributed by atoms with van der Waals surface area (Å²) in [6, 6.07) is 20.6. The Morgan fingerprint density at radius 3 is 1.95 bits per heavy atom. The zero-order valence-corrected chi connectivity index (χ0v) is 26.2. The van der Waals surface area contributed by atoms with Gasteiger partial charge in [-0.3, -0.25) is 0 Å². The van der Waals surface area contributed by atoms with E-state index >= 15 is 0 Å². The van der Waals surface area contributed by atoms with Gasteiger partial charge in [-0.05, 0) is 68.9 Å². The summed E-state index contributed by atoms with van der Waals surface area (Å²) in [4.78, 5) is 0. The van der Waals surface area contributed by atoms with Gasteiger partial charge >= 0.3 is 0 Å². The Bertz CT molecular complexity index is 1420. The Labute approximate surface area is 260 Å². The quantitative estimate of drug-likeness (QED) is 0.207. The van der Waals surface area contributed by atoms with E-state index < -0.39 is 0 Å². The summed E-state index contributed by atoms with van der Waals surface area (Å²) >= 11 is 0. The molecule has 0 fully saturated rings. The molecule has 0 bridgehead atoms. The molecule has 0 saturated heterocycles.